The van der Waals surface area contributed by atoms with Crippen molar-refractivity contribution in [3.63, 3.8) is 0 Å². The molecule has 4 heteroatoms. The average Bonchev–Trinajstić information content (AvgIpc) is 2.94. The van der Waals surface area contributed by atoms with E-state index in [4.69, 9.17) is 11.6 Å². The highest BCUT2D eigenvalue weighted by Gasteiger charge is 2.31. The summed E-state index contributed by atoms with van der Waals surface area (Å²) in [5.41, 5.74) is 0.538. The van der Waals surface area contributed by atoms with Crippen LogP contribution in [0, 0.1) is 12.8 Å². The van der Waals surface area contributed by atoms with E-state index >= 15 is 0 Å². The second-order valence-corrected chi connectivity index (χ2v) is 5.35. The van der Waals surface area contributed by atoms with Crippen LogP contribution in [0.3, 0.4) is 0 Å². The lowest BCUT2D eigenvalue weighted by Crippen LogP contribution is -2.10. The van der Waals surface area contributed by atoms with E-state index in [9.17, 15) is 9.59 Å². The van der Waals surface area contributed by atoms with Gasteiger partial charge in [-0.25, -0.2) is 0 Å². The molecule has 1 aromatic rings. The number of ketones is 2. The second-order valence-electron chi connectivity index (χ2n) is 3.86. The first-order valence-electron chi connectivity index (χ1n) is 4.89. The maximum Gasteiger partial charge on any atom is 0.172 e. The number of rotatable bonds is 4. The van der Waals surface area contributed by atoms with E-state index in [1.165, 1.54) is 11.3 Å². The average molecular weight is 243 g/mol. The third-order valence-corrected chi connectivity index (χ3v) is 3.92. The fraction of sp³-hybridized carbons (Fsp3) is 0.455. The van der Waals surface area contributed by atoms with Gasteiger partial charge in [0.25, 0.3) is 0 Å². The molecule has 1 aliphatic rings. The van der Waals surface area contributed by atoms with E-state index in [1.54, 1.807) is 5.38 Å². The van der Waals surface area contributed by atoms with E-state index in [0.717, 1.165) is 17.7 Å². The standard InChI is InChI=1S/C11H11ClO2S/c1-6-11(8(12)5-15-6)10(14)4-9(13)7-2-3-7/h5,7H,2-4H2,1H3. The summed E-state index contributed by atoms with van der Waals surface area (Å²) in [6.07, 6.45) is 1.91. The van der Waals surface area contributed by atoms with Gasteiger partial charge in [-0.15, -0.1) is 11.3 Å². The van der Waals surface area contributed by atoms with Gasteiger partial charge in [0.05, 0.1) is 17.0 Å². The molecular weight excluding hydrogens is 232 g/mol. The molecule has 1 heterocycles. The summed E-state index contributed by atoms with van der Waals surface area (Å²) in [5.74, 6) is 0.0870. The normalized spacial score (nSPS) is 15.3. The first-order valence-corrected chi connectivity index (χ1v) is 6.15. The number of halogens is 1. The largest absolute Gasteiger partial charge is 0.299 e. The Morgan fingerprint density at radius 1 is 1.53 bits per heavy atom. The smallest absolute Gasteiger partial charge is 0.172 e. The Hall–Kier alpha value is -0.670. The molecule has 1 fully saturated rings. The van der Waals surface area contributed by atoms with Crippen LogP contribution in [0.5, 0.6) is 0 Å². The monoisotopic (exact) mass is 242 g/mol. The number of carbonyl (C=O) groups is 2. The summed E-state index contributed by atoms with van der Waals surface area (Å²) in [6.45, 7) is 1.85. The molecule has 0 aromatic carbocycles. The molecule has 0 saturated heterocycles. The topological polar surface area (TPSA) is 34.1 Å². The third kappa shape index (κ3) is 2.29. The lowest BCUT2D eigenvalue weighted by atomic mass is 10.1. The van der Waals surface area contributed by atoms with Crippen molar-refractivity contribution < 1.29 is 9.59 Å². The Morgan fingerprint density at radius 3 is 2.67 bits per heavy atom. The predicted octanol–water partition coefficient (Wildman–Crippen LogP) is 3.26. The Morgan fingerprint density at radius 2 is 2.20 bits per heavy atom. The van der Waals surface area contributed by atoms with Crippen molar-refractivity contribution in [2.75, 3.05) is 0 Å². The highest BCUT2D eigenvalue weighted by atomic mass is 35.5. The number of aryl methyl sites for hydroxylation is 1. The maximum atomic E-state index is 11.8. The summed E-state index contributed by atoms with van der Waals surface area (Å²) < 4.78 is 0. The predicted molar refractivity (Wildman–Crippen MR) is 60.7 cm³/mol. The molecule has 0 bridgehead atoms. The number of hydrogen-bond acceptors (Lipinski definition) is 3. The highest BCUT2D eigenvalue weighted by Crippen LogP contribution is 2.33. The van der Waals surface area contributed by atoms with Gasteiger partial charge in [-0.1, -0.05) is 11.6 Å². The molecule has 80 valence electrons. The molecule has 0 aliphatic heterocycles. The van der Waals surface area contributed by atoms with Crippen LogP contribution in [0.2, 0.25) is 5.02 Å². The van der Waals surface area contributed by atoms with E-state index in [2.05, 4.69) is 0 Å². The van der Waals surface area contributed by atoms with Crippen molar-refractivity contribution in [2.45, 2.75) is 26.2 Å². The van der Waals surface area contributed by atoms with Crippen LogP contribution in [0.4, 0.5) is 0 Å². The molecule has 0 amide bonds. The van der Waals surface area contributed by atoms with Gasteiger partial charge in [0.2, 0.25) is 0 Å². The van der Waals surface area contributed by atoms with Crippen LogP contribution >= 0.6 is 22.9 Å². The summed E-state index contributed by atoms with van der Waals surface area (Å²) in [7, 11) is 0. The lowest BCUT2D eigenvalue weighted by Gasteiger charge is -1.99. The zero-order valence-electron chi connectivity index (χ0n) is 8.38. The number of thiophene rings is 1. The van der Waals surface area contributed by atoms with Crippen LogP contribution in [0.1, 0.15) is 34.5 Å². The molecule has 15 heavy (non-hydrogen) atoms. The molecule has 0 radical (unpaired) electrons. The molecule has 1 saturated carbocycles. The fourth-order valence-electron chi connectivity index (χ4n) is 1.55. The molecule has 1 aromatic heterocycles. The van der Waals surface area contributed by atoms with Gasteiger partial charge in [-0.05, 0) is 19.8 Å². The first kappa shape index (κ1) is 10.8. The van der Waals surface area contributed by atoms with Crippen LogP contribution < -0.4 is 0 Å². The van der Waals surface area contributed by atoms with Gasteiger partial charge in [0.15, 0.2) is 5.78 Å². The Balaban J connectivity index is 2.10. The number of carbonyl (C=O) groups excluding carboxylic acids is 2. The third-order valence-electron chi connectivity index (χ3n) is 2.58. The minimum Gasteiger partial charge on any atom is -0.299 e. The van der Waals surface area contributed by atoms with Crippen molar-refractivity contribution >= 4 is 34.5 Å². The molecule has 0 unspecified atom stereocenters. The quantitative estimate of drug-likeness (QED) is 0.600. The summed E-state index contributed by atoms with van der Waals surface area (Å²) in [6, 6.07) is 0. The lowest BCUT2D eigenvalue weighted by molar-refractivity contribution is -0.119. The minimum atomic E-state index is -0.129. The maximum absolute atomic E-state index is 11.8. The van der Waals surface area contributed by atoms with Crippen LogP contribution in [-0.4, -0.2) is 11.6 Å². The highest BCUT2D eigenvalue weighted by molar-refractivity contribution is 7.10. The van der Waals surface area contributed by atoms with Crippen molar-refractivity contribution in [1.29, 1.82) is 0 Å². The summed E-state index contributed by atoms with van der Waals surface area (Å²) in [5, 5.41) is 2.22. The summed E-state index contributed by atoms with van der Waals surface area (Å²) in [4.78, 5) is 24.2. The molecule has 0 atom stereocenters. The first-order chi connectivity index (χ1) is 7.09. The number of Topliss-reactive ketones (excluding diaryl/α,β-unsaturated/α-hetero) is 2. The SMILES string of the molecule is Cc1scc(Cl)c1C(=O)CC(=O)C1CC1. The molecule has 0 spiro atoms. The van der Waals surface area contributed by atoms with E-state index in [1.807, 2.05) is 6.92 Å². The van der Waals surface area contributed by atoms with Crippen molar-refractivity contribution in [3.05, 3.63) is 20.8 Å². The van der Waals surface area contributed by atoms with Gasteiger partial charge >= 0.3 is 0 Å². The zero-order valence-corrected chi connectivity index (χ0v) is 9.95. The van der Waals surface area contributed by atoms with Crippen LogP contribution in [0.25, 0.3) is 0 Å². The molecule has 1 aliphatic carbocycles. The van der Waals surface area contributed by atoms with Gasteiger partial charge in [-0.2, -0.15) is 0 Å². The second kappa shape index (κ2) is 4.06. The molecule has 0 N–H and O–H groups in total. The molecular formula is C11H11ClO2S. The number of hydrogen-bond donors (Lipinski definition) is 0. The van der Waals surface area contributed by atoms with Crippen molar-refractivity contribution in [2.24, 2.45) is 5.92 Å². The van der Waals surface area contributed by atoms with Gasteiger partial charge in [-0.3, -0.25) is 9.59 Å². The van der Waals surface area contributed by atoms with Gasteiger partial charge < -0.3 is 0 Å². The Bertz CT molecular complexity index is 399. The van der Waals surface area contributed by atoms with E-state index < -0.39 is 0 Å². The van der Waals surface area contributed by atoms with Crippen molar-refractivity contribution in [3.8, 4) is 0 Å². The van der Waals surface area contributed by atoms with Crippen LogP contribution in [-0.2, 0) is 4.79 Å². The molecule has 2 rings (SSSR count). The van der Waals surface area contributed by atoms with E-state index in [-0.39, 0.29) is 23.9 Å². The van der Waals surface area contributed by atoms with Crippen LogP contribution in [0.15, 0.2) is 5.38 Å². The van der Waals surface area contributed by atoms with Gasteiger partial charge in [0, 0.05) is 16.2 Å². The molecule has 2 nitrogen and oxygen atoms in total. The van der Waals surface area contributed by atoms with E-state index in [0.29, 0.717) is 10.6 Å². The fourth-order valence-corrected chi connectivity index (χ4v) is 2.73. The Kier molecular flexibility index (Phi) is 2.94. The summed E-state index contributed by atoms with van der Waals surface area (Å²) >= 11 is 7.34. The Labute approximate surface area is 97.2 Å². The van der Waals surface area contributed by atoms with Gasteiger partial charge in [0.1, 0.15) is 5.78 Å². The zero-order chi connectivity index (χ0) is 11.0. The van der Waals surface area contributed by atoms with Crippen molar-refractivity contribution in [1.82, 2.24) is 0 Å². The minimum absolute atomic E-state index is 0.0158.